The molecule has 0 saturated heterocycles. The third kappa shape index (κ3) is 3.18. The summed E-state index contributed by atoms with van der Waals surface area (Å²) in [6, 6.07) is 9.21. The predicted molar refractivity (Wildman–Crippen MR) is 90.6 cm³/mol. The summed E-state index contributed by atoms with van der Waals surface area (Å²) in [6.45, 7) is 5.21. The average molecular weight is 326 g/mol. The van der Waals surface area contributed by atoms with E-state index >= 15 is 0 Å². The molecule has 0 spiro atoms. The second kappa shape index (κ2) is 6.47. The summed E-state index contributed by atoms with van der Waals surface area (Å²) in [4.78, 5) is 26.1. The van der Waals surface area contributed by atoms with Gasteiger partial charge in [-0.1, -0.05) is 18.2 Å². The molecule has 1 atom stereocenters. The molecule has 6 heteroatoms. The Kier molecular flexibility index (Phi) is 4.38. The van der Waals surface area contributed by atoms with Crippen molar-refractivity contribution in [3.63, 3.8) is 0 Å². The molecule has 0 aliphatic carbocycles. The molecule has 6 nitrogen and oxygen atoms in total. The van der Waals surface area contributed by atoms with E-state index < -0.39 is 0 Å². The first-order chi connectivity index (χ1) is 11.5. The zero-order chi connectivity index (χ0) is 17.3. The number of nitrogens with one attached hydrogen (secondary N) is 1. The Balaban J connectivity index is 1.59. The lowest BCUT2D eigenvalue weighted by Crippen LogP contribution is -2.33. The highest BCUT2D eigenvalue weighted by molar-refractivity contribution is 5.99. The van der Waals surface area contributed by atoms with Gasteiger partial charge in [0, 0.05) is 24.8 Å². The summed E-state index contributed by atoms with van der Waals surface area (Å²) in [7, 11) is 1.79. The van der Waals surface area contributed by atoms with Crippen LogP contribution in [-0.2, 0) is 11.3 Å². The Morgan fingerprint density at radius 1 is 1.33 bits per heavy atom. The molecule has 0 fully saturated rings. The number of fused-ring (bicyclic) bond motifs is 1. The smallest absolute Gasteiger partial charge is 0.252 e. The highest BCUT2D eigenvalue weighted by Gasteiger charge is 2.30. The number of nitrogens with zero attached hydrogens (tertiary/aromatic N) is 3. The maximum absolute atomic E-state index is 12.5. The number of hydrogen-bond acceptors (Lipinski definition) is 3. The molecule has 2 aromatic rings. The van der Waals surface area contributed by atoms with E-state index in [-0.39, 0.29) is 24.3 Å². The molecule has 0 bridgehead atoms. The van der Waals surface area contributed by atoms with E-state index in [1.54, 1.807) is 18.0 Å². The Labute approximate surface area is 141 Å². The standard InChI is InChI=1S/C18H22N4O2/c1-12-10-13(2)22(20-12)9-8-21(3)17(23)11-16-14-6-4-5-7-15(14)18(24)19-16/h4-7,10,16H,8-9,11H2,1-3H3,(H,19,24)/t16-/m1/s1. The van der Waals surface area contributed by atoms with Gasteiger partial charge in [0.25, 0.3) is 5.91 Å². The highest BCUT2D eigenvalue weighted by Crippen LogP contribution is 2.27. The summed E-state index contributed by atoms with van der Waals surface area (Å²) in [5, 5.41) is 7.29. The fraction of sp³-hybridized carbons (Fsp3) is 0.389. The normalized spacial score (nSPS) is 16.0. The van der Waals surface area contributed by atoms with Gasteiger partial charge < -0.3 is 10.2 Å². The van der Waals surface area contributed by atoms with Crippen LogP contribution in [0.4, 0.5) is 0 Å². The largest absolute Gasteiger partial charge is 0.345 e. The van der Waals surface area contributed by atoms with Crippen molar-refractivity contribution in [3.05, 3.63) is 52.8 Å². The third-order valence-electron chi connectivity index (χ3n) is 4.44. The molecular weight excluding hydrogens is 304 g/mol. The summed E-state index contributed by atoms with van der Waals surface area (Å²) < 4.78 is 1.91. The molecular formula is C18H22N4O2. The monoisotopic (exact) mass is 326 g/mol. The van der Waals surface area contributed by atoms with Gasteiger partial charge in [0.15, 0.2) is 0 Å². The highest BCUT2D eigenvalue weighted by atomic mass is 16.2. The van der Waals surface area contributed by atoms with Crippen LogP contribution in [0.3, 0.4) is 0 Å². The fourth-order valence-corrected chi connectivity index (χ4v) is 3.08. The maximum Gasteiger partial charge on any atom is 0.252 e. The van der Waals surface area contributed by atoms with E-state index in [0.717, 1.165) is 17.0 Å². The van der Waals surface area contributed by atoms with Crippen molar-refractivity contribution in [3.8, 4) is 0 Å². The number of rotatable bonds is 5. The molecule has 24 heavy (non-hydrogen) atoms. The Bertz CT molecular complexity index is 781. The van der Waals surface area contributed by atoms with Gasteiger partial charge in [-0.25, -0.2) is 0 Å². The minimum atomic E-state index is -0.239. The number of carbonyl (C=O) groups is 2. The zero-order valence-electron chi connectivity index (χ0n) is 14.2. The fourth-order valence-electron chi connectivity index (χ4n) is 3.08. The number of likely N-dealkylation sites (N-methyl/N-ethyl adjacent to an activating group) is 1. The summed E-state index contributed by atoms with van der Waals surface area (Å²) in [5.41, 5.74) is 3.64. The van der Waals surface area contributed by atoms with Crippen molar-refractivity contribution in [1.82, 2.24) is 20.0 Å². The zero-order valence-corrected chi connectivity index (χ0v) is 14.2. The quantitative estimate of drug-likeness (QED) is 0.911. The second-order valence-corrected chi connectivity index (χ2v) is 6.28. The van der Waals surface area contributed by atoms with Crippen LogP contribution in [0.2, 0.25) is 0 Å². The number of hydrogen-bond donors (Lipinski definition) is 1. The van der Waals surface area contributed by atoms with Crippen LogP contribution in [0.5, 0.6) is 0 Å². The maximum atomic E-state index is 12.5. The van der Waals surface area contributed by atoms with E-state index in [0.29, 0.717) is 18.7 Å². The predicted octanol–water partition coefficient (Wildman–Crippen LogP) is 1.83. The van der Waals surface area contributed by atoms with E-state index in [1.807, 2.05) is 42.8 Å². The molecule has 1 aliphatic heterocycles. The van der Waals surface area contributed by atoms with Gasteiger partial charge in [0.2, 0.25) is 5.91 Å². The molecule has 0 unspecified atom stereocenters. The van der Waals surface area contributed by atoms with Gasteiger partial charge >= 0.3 is 0 Å². The lowest BCUT2D eigenvalue weighted by molar-refractivity contribution is -0.130. The van der Waals surface area contributed by atoms with Gasteiger partial charge in [-0.3, -0.25) is 14.3 Å². The minimum absolute atomic E-state index is 0.0125. The van der Waals surface area contributed by atoms with Crippen molar-refractivity contribution in [2.24, 2.45) is 0 Å². The topological polar surface area (TPSA) is 67.2 Å². The van der Waals surface area contributed by atoms with Crippen LogP contribution in [0.15, 0.2) is 30.3 Å². The molecule has 1 aliphatic rings. The number of aryl methyl sites for hydroxylation is 2. The lowest BCUT2D eigenvalue weighted by Gasteiger charge is -2.20. The molecule has 1 aromatic heterocycles. The van der Waals surface area contributed by atoms with Crippen LogP contribution in [0, 0.1) is 13.8 Å². The summed E-state index contributed by atoms with van der Waals surface area (Å²) >= 11 is 0. The Hall–Kier alpha value is -2.63. The van der Waals surface area contributed by atoms with Crippen LogP contribution in [0.1, 0.15) is 39.8 Å². The van der Waals surface area contributed by atoms with Crippen LogP contribution in [0.25, 0.3) is 0 Å². The van der Waals surface area contributed by atoms with Gasteiger partial charge in [-0.2, -0.15) is 5.10 Å². The SMILES string of the molecule is Cc1cc(C)n(CCN(C)C(=O)C[C@H]2NC(=O)c3ccccc32)n1. The average Bonchev–Trinajstić information content (AvgIpc) is 3.04. The van der Waals surface area contributed by atoms with Gasteiger partial charge in [0.05, 0.1) is 24.7 Å². The summed E-state index contributed by atoms with van der Waals surface area (Å²) in [6.07, 6.45) is 0.274. The third-order valence-corrected chi connectivity index (χ3v) is 4.44. The molecule has 2 amide bonds. The first-order valence-electron chi connectivity index (χ1n) is 8.10. The molecule has 2 heterocycles. The van der Waals surface area contributed by atoms with Crippen LogP contribution in [-0.4, -0.2) is 40.1 Å². The molecule has 1 aromatic carbocycles. The summed E-state index contributed by atoms with van der Waals surface area (Å²) in [5.74, 6) is -0.0905. The number of carbonyl (C=O) groups excluding carboxylic acids is 2. The molecule has 126 valence electrons. The van der Waals surface area contributed by atoms with Gasteiger partial charge in [0.1, 0.15) is 0 Å². The molecule has 0 saturated carbocycles. The van der Waals surface area contributed by atoms with Crippen LogP contribution >= 0.6 is 0 Å². The van der Waals surface area contributed by atoms with Crippen molar-refractivity contribution >= 4 is 11.8 Å². The van der Waals surface area contributed by atoms with Crippen LogP contribution < -0.4 is 5.32 Å². The van der Waals surface area contributed by atoms with Crippen molar-refractivity contribution in [1.29, 1.82) is 0 Å². The Morgan fingerprint density at radius 3 is 2.79 bits per heavy atom. The minimum Gasteiger partial charge on any atom is -0.345 e. The van der Waals surface area contributed by atoms with E-state index in [2.05, 4.69) is 10.4 Å². The van der Waals surface area contributed by atoms with E-state index in [4.69, 9.17) is 0 Å². The molecule has 1 N–H and O–H groups in total. The molecule has 3 rings (SSSR count). The lowest BCUT2D eigenvalue weighted by atomic mass is 10.0. The number of amides is 2. The van der Waals surface area contributed by atoms with E-state index in [1.165, 1.54) is 0 Å². The van der Waals surface area contributed by atoms with Crippen molar-refractivity contribution in [2.75, 3.05) is 13.6 Å². The van der Waals surface area contributed by atoms with Gasteiger partial charge in [-0.05, 0) is 31.5 Å². The van der Waals surface area contributed by atoms with Gasteiger partial charge in [-0.15, -0.1) is 0 Å². The van der Waals surface area contributed by atoms with Crippen molar-refractivity contribution in [2.45, 2.75) is 32.9 Å². The number of benzene rings is 1. The van der Waals surface area contributed by atoms with Crippen molar-refractivity contribution < 1.29 is 9.59 Å². The van der Waals surface area contributed by atoms with E-state index in [9.17, 15) is 9.59 Å². The second-order valence-electron chi connectivity index (χ2n) is 6.28. The number of aromatic nitrogens is 2. The molecule has 0 radical (unpaired) electrons. The first-order valence-corrected chi connectivity index (χ1v) is 8.10. The Morgan fingerprint density at radius 2 is 2.08 bits per heavy atom. The first kappa shape index (κ1) is 16.2.